The smallest absolute Gasteiger partial charge is 0.406 e. The van der Waals surface area contributed by atoms with Gasteiger partial charge in [-0.25, -0.2) is 0 Å². The molecular formula is C16H15F3N2O3. The van der Waals surface area contributed by atoms with Gasteiger partial charge in [-0.05, 0) is 43.5 Å². The van der Waals surface area contributed by atoms with Crippen LogP contribution in [-0.2, 0) is 4.79 Å². The minimum Gasteiger partial charge on any atom is -0.406 e. The number of piperidine rings is 1. The number of nitriles is 1. The topological polar surface area (TPSA) is 70.4 Å². The molecule has 0 aliphatic carbocycles. The fraction of sp³-hybridized carbons (Fsp3) is 0.438. The highest BCUT2D eigenvalue weighted by molar-refractivity contribution is 6.12. The van der Waals surface area contributed by atoms with E-state index in [0.717, 1.165) is 43.5 Å². The summed E-state index contributed by atoms with van der Waals surface area (Å²) >= 11 is 0. The van der Waals surface area contributed by atoms with Gasteiger partial charge in [0.1, 0.15) is 5.75 Å². The van der Waals surface area contributed by atoms with E-state index in [1.54, 1.807) is 6.07 Å². The predicted molar refractivity (Wildman–Crippen MR) is 77.0 cm³/mol. The Morgan fingerprint density at radius 3 is 2.21 bits per heavy atom. The van der Waals surface area contributed by atoms with Crippen molar-refractivity contribution in [2.24, 2.45) is 5.92 Å². The number of Topliss-reactive ketones (excluding diaryl/α,β-unsaturated/α-hetero) is 1. The third kappa shape index (κ3) is 4.47. The molecule has 1 atom stereocenters. The van der Waals surface area contributed by atoms with Crippen LogP contribution in [0.15, 0.2) is 24.3 Å². The van der Waals surface area contributed by atoms with Gasteiger partial charge in [0.25, 0.3) is 0 Å². The number of carbonyl (C=O) groups is 2. The Morgan fingerprint density at radius 2 is 1.71 bits per heavy atom. The average Bonchev–Trinajstić information content (AvgIpc) is 2.55. The number of ether oxygens (including phenoxy) is 1. The molecule has 0 aromatic heterocycles. The first-order valence-electron chi connectivity index (χ1n) is 7.40. The monoisotopic (exact) mass is 340 g/mol. The van der Waals surface area contributed by atoms with Crippen molar-refractivity contribution in [1.82, 2.24) is 4.90 Å². The third-order valence-electron chi connectivity index (χ3n) is 3.68. The van der Waals surface area contributed by atoms with Crippen LogP contribution in [0.3, 0.4) is 0 Å². The van der Waals surface area contributed by atoms with Crippen molar-refractivity contribution in [2.75, 3.05) is 13.1 Å². The van der Waals surface area contributed by atoms with Crippen molar-refractivity contribution in [1.29, 1.82) is 5.26 Å². The summed E-state index contributed by atoms with van der Waals surface area (Å²) in [5, 5.41) is 9.17. The summed E-state index contributed by atoms with van der Waals surface area (Å²) < 4.78 is 40.1. The molecule has 1 amide bonds. The molecule has 1 aliphatic rings. The number of rotatable bonds is 4. The van der Waals surface area contributed by atoms with Gasteiger partial charge in [-0.1, -0.05) is 0 Å². The molecule has 1 aromatic rings. The normalized spacial score (nSPS) is 16.2. The molecular weight excluding hydrogens is 325 g/mol. The van der Waals surface area contributed by atoms with Gasteiger partial charge in [0, 0.05) is 18.7 Å². The fourth-order valence-corrected chi connectivity index (χ4v) is 2.51. The molecule has 0 saturated carbocycles. The summed E-state index contributed by atoms with van der Waals surface area (Å²) in [6.45, 7) is 1.01. The lowest BCUT2D eigenvalue weighted by molar-refractivity contribution is -0.274. The van der Waals surface area contributed by atoms with Crippen LogP contribution in [0.2, 0.25) is 0 Å². The van der Waals surface area contributed by atoms with Crippen molar-refractivity contribution in [3.05, 3.63) is 29.8 Å². The highest BCUT2D eigenvalue weighted by Gasteiger charge is 2.33. The number of benzene rings is 1. The molecule has 1 heterocycles. The number of alkyl halides is 3. The lowest BCUT2D eigenvalue weighted by Gasteiger charge is -2.28. The van der Waals surface area contributed by atoms with Crippen LogP contribution in [-0.4, -0.2) is 36.0 Å². The first-order chi connectivity index (χ1) is 11.3. The Kier molecular flexibility index (Phi) is 5.44. The van der Waals surface area contributed by atoms with E-state index in [1.807, 2.05) is 0 Å². The average molecular weight is 340 g/mol. The lowest BCUT2D eigenvalue weighted by atomic mass is 9.96. The van der Waals surface area contributed by atoms with Gasteiger partial charge in [-0.3, -0.25) is 9.59 Å². The molecule has 1 aromatic carbocycles. The SMILES string of the molecule is N#C[C@@H](C(=O)c1ccc(OC(F)(F)F)cc1)C(=O)N1CCCCC1. The largest absolute Gasteiger partial charge is 0.573 e. The second-order valence-electron chi connectivity index (χ2n) is 5.38. The summed E-state index contributed by atoms with van der Waals surface area (Å²) in [5.74, 6) is -3.25. The van der Waals surface area contributed by atoms with Crippen molar-refractivity contribution in [3.8, 4) is 11.8 Å². The molecule has 0 unspecified atom stereocenters. The molecule has 2 rings (SSSR count). The van der Waals surface area contributed by atoms with Crippen LogP contribution in [0.4, 0.5) is 13.2 Å². The summed E-state index contributed by atoms with van der Waals surface area (Å²) in [6, 6.07) is 5.86. The standard InChI is InChI=1S/C16H15F3N2O3/c17-16(18,19)24-12-6-4-11(5-7-12)14(22)13(10-20)15(23)21-8-2-1-3-9-21/h4-7,13H,1-3,8-9H2/t13-/m0/s1. The second-order valence-corrected chi connectivity index (χ2v) is 5.38. The van der Waals surface area contributed by atoms with Crippen LogP contribution in [0.5, 0.6) is 5.75 Å². The minimum absolute atomic E-state index is 0.0126. The molecule has 0 spiro atoms. The zero-order valence-corrected chi connectivity index (χ0v) is 12.7. The number of hydrogen-bond donors (Lipinski definition) is 0. The van der Waals surface area contributed by atoms with E-state index in [1.165, 1.54) is 4.90 Å². The zero-order chi connectivity index (χ0) is 17.7. The van der Waals surface area contributed by atoms with Gasteiger partial charge >= 0.3 is 6.36 Å². The van der Waals surface area contributed by atoms with Gasteiger partial charge in [0.15, 0.2) is 11.7 Å². The molecule has 1 aliphatic heterocycles. The van der Waals surface area contributed by atoms with Crippen LogP contribution < -0.4 is 4.74 Å². The number of carbonyl (C=O) groups excluding carboxylic acids is 2. The molecule has 0 N–H and O–H groups in total. The third-order valence-corrected chi connectivity index (χ3v) is 3.68. The van der Waals surface area contributed by atoms with Gasteiger partial charge in [0.05, 0.1) is 6.07 Å². The lowest BCUT2D eigenvalue weighted by Crippen LogP contribution is -2.41. The van der Waals surface area contributed by atoms with Gasteiger partial charge < -0.3 is 9.64 Å². The molecule has 0 bridgehead atoms. The van der Waals surface area contributed by atoms with E-state index in [9.17, 15) is 28.0 Å². The van der Waals surface area contributed by atoms with Crippen LogP contribution >= 0.6 is 0 Å². The maximum atomic E-state index is 12.3. The molecule has 128 valence electrons. The van der Waals surface area contributed by atoms with Gasteiger partial charge in [0.2, 0.25) is 5.91 Å². The zero-order valence-electron chi connectivity index (χ0n) is 12.7. The van der Waals surface area contributed by atoms with Crippen molar-refractivity contribution < 1.29 is 27.5 Å². The molecule has 8 heteroatoms. The summed E-state index contributed by atoms with van der Waals surface area (Å²) in [4.78, 5) is 26.1. The Labute approximate surface area is 136 Å². The molecule has 24 heavy (non-hydrogen) atoms. The molecule has 1 fully saturated rings. The van der Waals surface area contributed by atoms with E-state index >= 15 is 0 Å². The van der Waals surface area contributed by atoms with Gasteiger partial charge in [-0.15, -0.1) is 13.2 Å². The number of amides is 1. The fourth-order valence-electron chi connectivity index (χ4n) is 2.51. The van der Waals surface area contributed by atoms with Crippen LogP contribution in [0.25, 0.3) is 0 Å². The molecule has 1 saturated heterocycles. The van der Waals surface area contributed by atoms with Crippen molar-refractivity contribution in [2.45, 2.75) is 25.6 Å². The number of nitrogens with zero attached hydrogens (tertiary/aromatic N) is 2. The van der Waals surface area contributed by atoms with E-state index in [4.69, 9.17) is 0 Å². The van der Waals surface area contributed by atoms with E-state index in [2.05, 4.69) is 4.74 Å². The Hall–Kier alpha value is -2.56. The quantitative estimate of drug-likeness (QED) is 0.624. The first kappa shape index (κ1) is 17.8. The number of hydrogen-bond acceptors (Lipinski definition) is 4. The van der Waals surface area contributed by atoms with Gasteiger partial charge in [-0.2, -0.15) is 5.26 Å². The highest BCUT2D eigenvalue weighted by Crippen LogP contribution is 2.24. The number of likely N-dealkylation sites (tertiary alicyclic amines) is 1. The summed E-state index contributed by atoms with van der Waals surface area (Å²) in [5.41, 5.74) is -0.0126. The number of halogens is 3. The number of ketones is 1. The Balaban J connectivity index is 2.10. The maximum absolute atomic E-state index is 12.3. The molecule has 5 nitrogen and oxygen atoms in total. The maximum Gasteiger partial charge on any atom is 0.573 e. The van der Waals surface area contributed by atoms with E-state index in [-0.39, 0.29) is 5.56 Å². The van der Waals surface area contributed by atoms with Crippen molar-refractivity contribution in [3.63, 3.8) is 0 Å². The summed E-state index contributed by atoms with van der Waals surface area (Å²) in [7, 11) is 0. The minimum atomic E-state index is -4.83. The van der Waals surface area contributed by atoms with Crippen LogP contribution in [0, 0.1) is 17.2 Å². The van der Waals surface area contributed by atoms with E-state index < -0.39 is 29.7 Å². The highest BCUT2D eigenvalue weighted by atomic mass is 19.4. The Bertz CT molecular complexity index is 644. The predicted octanol–water partition coefficient (Wildman–Crippen LogP) is 2.92. The van der Waals surface area contributed by atoms with Crippen molar-refractivity contribution >= 4 is 11.7 Å². The Morgan fingerprint density at radius 1 is 1.12 bits per heavy atom. The first-order valence-corrected chi connectivity index (χ1v) is 7.40. The van der Waals surface area contributed by atoms with Crippen LogP contribution in [0.1, 0.15) is 29.6 Å². The van der Waals surface area contributed by atoms with E-state index in [0.29, 0.717) is 13.1 Å². The second kappa shape index (κ2) is 7.34. The summed E-state index contributed by atoms with van der Waals surface area (Å²) in [6.07, 6.45) is -2.19. The molecule has 0 radical (unpaired) electrons.